The molecule has 0 saturated carbocycles. The second-order valence-corrected chi connectivity index (χ2v) is 10.6. The van der Waals surface area contributed by atoms with Crippen molar-refractivity contribution in [2.75, 3.05) is 12.5 Å². The van der Waals surface area contributed by atoms with Gasteiger partial charge in [-0.15, -0.1) is 0 Å². The Bertz CT molecular complexity index is 495. The summed E-state index contributed by atoms with van der Waals surface area (Å²) in [7, 11) is -2.31. The number of Topliss-reactive ketones (excluding diaryl/α,β-unsaturated/α-hetero) is 1. The van der Waals surface area contributed by atoms with E-state index in [0.29, 0.717) is 6.42 Å². The van der Waals surface area contributed by atoms with E-state index in [1.165, 1.54) is 17.9 Å². The molecule has 0 aromatic rings. The Labute approximate surface area is 128 Å². The lowest BCUT2D eigenvalue weighted by Crippen LogP contribution is -2.46. The zero-order valence-electron chi connectivity index (χ0n) is 14.4. The third-order valence-electron chi connectivity index (χ3n) is 2.25. The van der Waals surface area contributed by atoms with Crippen molar-refractivity contribution in [1.29, 1.82) is 0 Å². The van der Waals surface area contributed by atoms with E-state index in [4.69, 9.17) is 4.74 Å². The van der Waals surface area contributed by atoms with Crippen LogP contribution in [0.15, 0.2) is 0 Å². The molecule has 1 amide bonds. The van der Waals surface area contributed by atoms with Crippen molar-refractivity contribution >= 4 is 26.8 Å². The Hall–Kier alpha value is -1.04. The van der Waals surface area contributed by atoms with E-state index in [-0.39, 0.29) is 11.2 Å². The van der Waals surface area contributed by atoms with Gasteiger partial charge in [-0.3, -0.25) is 9.00 Å². The third kappa shape index (κ3) is 11.3. The quantitative estimate of drug-likeness (QED) is 0.807. The SMILES string of the molecule is CC(C)(C)C[C@H](NC(=O)OC(C)(C)C)C(=O)C=S(C)(C)=O. The Morgan fingerprint density at radius 1 is 1.14 bits per heavy atom. The van der Waals surface area contributed by atoms with E-state index >= 15 is 0 Å². The van der Waals surface area contributed by atoms with Crippen LogP contribution in [0.5, 0.6) is 0 Å². The zero-order chi connectivity index (χ0) is 17.1. The van der Waals surface area contributed by atoms with Gasteiger partial charge in [0, 0.05) is 17.9 Å². The average Bonchev–Trinajstić information content (AvgIpc) is 2.07. The maximum atomic E-state index is 12.2. The maximum absolute atomic E-state index is 12.2. The van der Waals surface area contributed by atoms with Crippen molar-refractivity contribution < 1.29 is 18.5 Å². The Balaban J connectivity index is 5.14. The molecule has 124 valence electrons. The summed E-state index contributed by atoms with van der Waals surface area (Å²) in [5.74, 6) is -0.342. The second kappa shape index (κ2) is 6.81. The number of ether oxygens (including phenoxy) is 1. The molecule has 1 atom stereocenters. The van der Waals surface area contributed by atoms with Gasteiger partial charge in [-0.05, 0) is 42.1 Å². The lowest BCUT2D eigenvalue weighted by molar-refractivity contribution is -0.115. The number of hydrogen-bond acceptors (Lipinski definition) is 4. The summed E-state index contributed by atoms with van der Waals surface area (Å²) in [6.45, 7) is 11.2. The Kier molecular flexibility index (Phi) is 6.48. The molecule has 0 aliphatic rings. The largest absolute Gasteiger partial charge is 0.444 e. The highest BCUT2D eigenvalue weighted by Gasteiger charge is 2.27. The van der Waals surface area contributed by atoms with Crippen LogP contribution in [-0.2, 0) is 19.1 Å². The molecule has 0 unspecified atom stereocenters. The molecular weight excluding hydrogens is 290 g/mol. The molecule has 6 heteroatoms. The fourth-order valence-electron chi connectivity index (χ4n) is 1.65. The molecule has 0 spiro atoms. The van der Waals surface area contributed by atoms with Crippen LogP contribution in [0.4, 0.5) is 4.79 Å². The number of rotatable bonds is 4. The number of alkyl carbamates (subject to hydrolysis) is 1. The molecule has 5 nitrogen and oxygen atoms in total. The van der Waals surface area contributed by atoms with Crippen molar-refractivity contribution in [2.24, 2.45) is 5.41 Å². The lowest BCUT2D eigenvalue weighted by Gasteiger charge is -2.27. The number of nitrogens with one attached hydrogen (secondary N) is 1. The summed E-state index contributed by atoms with van der Waals surface area (Å²) in [4.78, 5) is 24.1. The Morgan fingerprint density at radius 2 is 1.62 bits per heavy atom. The minimum absolute atomic E-state index is 0.161. The summed E-state index contributed by atoms with van der Waals surface area (Å²) >= 11 is 0. The fourth-order valence-corrected chi connectivity index (χ4v) is 2.37. The number of ketones is 1. The van der Waals surface area contributed by atoms with Crippen LogP contribution in [-0.4, -0.2) is 45.6 Å². The van der Waals surface area contributed by atoms with Crippen LogP contribution in [0.25, 0.3) is 0 Å². The normalized spacial score (nSPS) is 14.3. The minimum atomic E-state index is -2.31. The van der Waals surface area contributed by atoms with Crippen molar-refractivity contribution in [1.82, 2.24) is 5.32 Å². The van der Waals surface area contributed by atoms with E-state index in [2.05, 4.69) is 5.32 Å². The summed E-state index contributed by atoms with van der Waals surface area (Å²) in [6.07, 6.45) is 2.79. The van der Waals surface area contributed by atoms with Crippen LogP contribution in [0.2, 0.25) is 0 Å². The van der Waals surface area contributed by atoms with Crippen LogP contribution in [0, 0.1) is 5.41 Å². The van der Waals surface area contributed by atoms with Crippen LogP contribution < -0.4 is 5.32 Å². The highest BCUT2D eigenvalue weighted by molar-refractivity contribution is 8.01. The monoisotopic (exact) mass is 319 g/mol. The third-order valence-corrected chi connectivity index (χ3v) is 3.05. The van der Waals surface area contributed by atoms with Crippen LogP contribution in [0.3, 0.4) is 0 Å². The van der Waals surface area contributed by atoms with Gasteiger partial charge in [-0.1, -0.05) is 20.8 Å². The summed E-state index contributed by atoms with van der Waals surface area (Å²) in [6, 6.07) is -0.736. The lowest BCUT2D eigenvalue weighted by atomic mass is 9.87. The van der Waals surface area contributed by atoms with Crippen LogP contribution >= 0.6 is 0 Å². The van der Waals surface area contributed by atoms with Gasteiger partial charge in [0.25, 0.3) is 0 Å². The van der Waals surface area contributed by atoms with E-state index in [9.17, 15) is 13.8 Å². The summed E-state index contributed by atoms with van der Waals surface area (Å²) in [5.41, 5.74) is -0.794. The van der Waals surface area contributed by atoms with Crippen molar-refractivity contribution in [3.05, 3.63) is 0 Å². The number of hydrogen-bond donors (Lipinski definition) is 1. The molecule has 0 bridgehead atoms. The van der Waals surface area contributed by atoms with E-state index in [0.717, 1.165) is 0 Å². The first-order valence-corrected chi connectivity index (χ1v) is 9.35. The second-order valence-electron chi connectivity index (χ2n) is 7.79. The first kappa shape index (κ1) is 20.0. The Morgan fingerprint density at radius 3 is 1.95 bits per heavy atom. The predicted molar refractivity (Wildman–Crippen MR) is 88.3 cm³/mol. The molecule has 0 aliphatic heterocycles. The maximum Gasteiger partial charge on any atom is 0.408 e. The average molecular weight is 319 g/mol. The molecule has 0 radical (unpaired) electrons. The predicted octanol–water partition coefficient (Wildman–Crippen LogP) is 2.23. The van der Waals surface area contributed by atoms with E-state index < -0.39 is 27.3 Å². The first-order chi connectivity index (χ1) is 9.09. The fraction of sp³-hybridized carbons (Fsp3) is 0.800. The molecular formula is C15H29NO4S. The standard InChI is InChI=1S/C15H29NO4S/c1-14(2,3)9-11(12(17)10-21(7,8)19)16-13(18)20-15(4,5)6/h10-11H,9H2,1-8H3,(H,16,18)/t11-/m0/s1. The van der Waals surface area contributed by atoms with Gasteiger partial charge in [-0.2, -0.15) is 0 Å². The molecule has 0 aromatic heterocycles. The van der Waals surface area contributed by atoms with Gasteiger partial charge in [0.2, 0.25) is 0 Å². The smallest absolute Gasteiger partial charge is 0.408 e. The molecule has 0 fully saturated rings. The minimum Gasteiger partial charge on any atom is -0.444 e. The van der Waals surface area contributed by atoms with Gasteiger partial charge in [0.15, 0.2) is 5.78 Å². The summed E-state index contributed by atoms with van der Waals surface area (Å²) < 4.78 is 16.9. The molecule has 0 heterocycles. The van der Waals surface area contributed by atoms with Gasteiger partial charge >= 0.3 is 6.09 Å². The highest BCUT2D eigenvalue weighted by Crippen LogP contribution is 2.21. The van der Waals surface area contributed by atoms with Crippen molar-refractivity contribution in [2.45, 2.75) is 59.6 Å². The summed E-state index contributed by atoms with van der Waals surface area (Å²) in [5, 5.41) is 3.78. The zero-order valence-corrected chi connectivity index (χ0v) is 15.2. The molecule has 0 aliphatic carbocycles. The van der Waals surface area contributed by atoms with E-state index in [1.807, 2.05) is 20.8 Å². The van der Waals surface area contributed by atoms with E-state index in [1.54, 1.807) is 20.8 Å². The number of carbonyl (C=O) groups excluding carboxylic acids is 2. The van der Waals surface area contributed by atoms with Crippen molar-refractivity contribution in [3.8, 4) is 0 Å². The highest BCUT2D eigenvalue weighted by atomic mass is 32.2. The first-order valence-electron chi connectivity index (χ1n) is 6.91. The topological polar surface area (TPSA) is 72.5 Å². The number of carbonyl (C=O) groups is 2. The van der Waals surface area contributed by atoms with Gasteiger partial charge in [0.1, 0.15) is 5.60 Å². The van der Waals surface area contributed by atoms with Crippen molar-refractivity contribution in [3.63, 3.8) is 0 Å². The molecule has 0 saturated heterocycles. The molecule has 0 aromatic carbocycles. The molecule has 21 heavy (non-hydrogen) atoms. The molecule has 0 rings (SSSR count). The van der Waals surface area contributed by atoms with Gasteiger partial charge < -0.3 is 10.1 Å². The van der Waals surface area contributed by atoms with Gasteiger partial charge in [-0.25, -0.2) is 4.79 Å². The van der Waals surface area contributed by atoms with Gasteiger partial charge in [0.05, 0.1) is 6.04 Å². The van der Waals surface area contributed by atoms with Crippen LogP contribution in [0.1, 0.15) is 48.0 Å². The number of amides is 1. The molecule has 1 N–H and O–H groups in total.